The van der Waals surface area contributed by atoms with Crippen molar-refractivity contribution in [3.63, 3.8) is 0 Å². The van der Waals surface area contributed by atoms with Crippen molar-refractivity contribution < 1.29 is 4.84 Å². The van der Waals surface area contributed by atoms with Gasteiger partial charge in [0.15, 0.2) is 0 Å². The maximum absolute atomic E-state index is 6.14. The van der Waals surface area contributed by atoms with E-state index in [0.29, 0.717) is 11.9 Å². The molecule has 1 aromatic rings. The smallest absolute Gasteiger partial charge is 0.0720 e. The van der Waals surface area contributed by atoms with Crippen molar-refractivity contribution in [1.29, 1.82) is 0 Å². The fourth-order valence-corrected chi connectivity index (χ4v) is 2.65. The van der Waals surface area contributed by atoms with Crippen LogP contribution in [0.3, 0.4) is 0 Å². The molecule has 0 aliphatic heterocycles. The minimum atomic E-state index is 0.495. The van der Waals surface area contributed by atoms with Crippen molar-refractivity contribution in [3.05, 3.63) is 28.8 Å². The molecule has 0 aliphatic carbocycles. The Hall–Kier alpha value is -0.220. The van der Waals surface area contributed by atoms with Crippen LogP contribution in [0.1, 0.15) is 19.4 Å². The molecular formula is C11H16ClNOS. The largest absolute Gasteiger partial charge is 0.304 e. The summed E-state index contributed by atoms with van der Waals surface area (Å²) in [4.78, 5) is 5.81. The molecule has 1 rings (SSSR count). The van der Waals surface area contributed by atoms with Crippen LogP contribution < -0.4 is 5.90 Å². The van der Waals surface area contributed by atoms with Crippen LogP contribution in [0.2, 0.25) is 5.02 Å². The maximum Gasteiger partial charge on any atom is 0.0720 e. The van der Waals surface area contributed by atoms with Gasteiger partial charge in [-0.1, -0.05) is 31.5 Å². The van der Waals surface area contributed by atoms with E-state index >= 15 is 0 Å². The van der Waals surface area contributed by atoms with Crippen molar-refractivity contribution in [2.75, 3.05) is 6.61 Å². The molecule has 0 spiro atoms. The molecule has 0 aromatic heterocycles. The summed E-state index contributed by atoms with van der Waals surface area (Å²) >= 11 is 7.95. The van der Waals surface area contributed by atoms with Gasteiger partial charge in [-0.3, -0.25) is 0 Å². The number of nitrogens with two attached hydrogens (primary N) is 1. The Morgan fingerprint density at radius 3 is 2.80 bits per heavy atom. The number of halogens is 1. The lowest BCUT2D eigenvalue weighted by atomic mass is 10.1. The average Bonchev–Trinajstić information content (AvgIpc) is 2.16. The van der Waals surface area contributed by atoms with Crippen molar-refractivity contribution >= 4 is 23.4 Å². The van der Waals surface area contributed by atoms with Crippen molar-refractivity contribution in [3.8, 4) is 0 Å². The standard InChI is InChI=1S/C11H16ClNOS/c1-8(2)15-11-5-3-4-10(12)9(11)6-7-14-13/h3-5,8H,6-7,13H2,1-2H3. The molecule has 1 aromatic carbocycles. The Labute approximate surface area is 100 Å². The summed E-state index contributed by atoms with van der Waals surface area (Å²) < 4.78 is 0. The fraction of sp³-hybridized carbons (Fsp3) is 0.455. The summed E-state index contributed by atoms with van der Waals surface area (Å²) in [6.45, 7) is 4.82. The molecular weight excluding hydrogens is 230 g/mol. The normalized spacial score (nSPS) is 11.0. The monoisotopic (exact) mass is 245 g/mol. The highest BCUT2D eigenvalue weighted by molar-refractivity contribution is 8.00. The van der Waals surface area contributed by atoms with E-state index in [1.54, 1.807) is 0 Å². The Bertz CT molecular complexity index is 317. The molecule has 15 heavy (non-hydrogen) atoms. The lowest BCUT2D eigenvalue weighted by molar-refractivity contribution is 0.141. The van der Waals surface area contributed by atoms with E-state index in [9.17, 15) is 0 Å². The molecule has 0 fully saturated rings. The van der Waals surface area contributed by atoms with E-state index in [1.165, 1.54) is 4.90 Å². The average molecular weight is 246 g/mol. The third-order valence-electron chi connectivity index (χ3n) is 1.91. The predicted octanol–water partition coefficient (Wildman–Crippen LogP) is 3.27. The molecule has 0 bridgehead atoms. The predicted molar refractivity (Wildman–Crippen MR) is 66.3 cm³/mol. The topological polar surface area (TPSA) is 35.2 Å². The molecule has 2 N–H and O–H groups in total. The van der Waals surface area contributed by atoms with Gasteiger partial charge >= 0.3 is 0 Å². The first-order valence-corrected chi connectivity index (χ1v) is 6.16. The molecule has 2 nitrogen and oxygen atoms in total. The van der Waals surface area contributed by atoms with Crippen LogP contribution in [0.15, 0.2) is 23.1 Å². The quantitative estimate of drug-likeness (QED) is 0.639. The Kier molecular flexibility index (Phi) is 5.47. The highest BCUT2D eigenvalue weighted by Crippen LogP contribution is 2.31. The summed E-state index contributed by atoms with van der Waals surface area (Å²) in [5.41, 5.74) is 1.13. The van der Waals surface area contributed by atoms with Crippen molar-refractivity contribution in [1.82, 2.24) is 0 Å². The lowest BCUT2D eigenvalue weighted by Crippen LogP contribution is -2.05. The summed E-state index contributed by atoms with van der Waals surface area (Å²) in [6, 6.07) is 5.96. The summed E-state index contributed by atoms with van der Waals surface area (Å²) in [5.74, 6) is 5.03. The summed E-state index contributed by atoms with van der Waals surface area (Å²) in [7, 11) is 0. The number of hydrogen-bond donors (Lipinski definition) is 1. The molecule has 0 saturated carbocycles. The van der Waals surface area contributed by atoms with Crippen molar-refractivity contribution in [2.45, 2.75) is 30.4 Å². The van der Waals surface area contributed by atoms with Gasteiger partial charge in [0, 0.05) is 21.6 Å². The highest BCUT2D eigenvalue weighted by Gasteiger charge is 2.08. The van der Waals surface area contributed by atoms with Crippen LogP contribution in [-0.2, 0) is 11.3 Å². The molecule has 0 heterocycles. The van der Waals surface area contributed by atoms with Crippen LogP contribution in [0, 0.1) is 0 Å². The van der Waals surface area contributed by atoms with Gasteiger partial charge in [0.05, 0.1) is 6.61 Å². The number of rotatable bonds is 5. The SMILES string of the molecule is CC(C)Sc1cccc(Cl)c1CCON. The van der Waals surface area contributed by atoms with Gasteiger partial charge in [0.2, 0.25) is 0 Å². The minimum Gasteiger partial charge on any atom is -0.304 e. The third-order valence-corrected chi connectivity index (χ3v) is 3.37. The van der Waals surface area contributed by atoms with Crippen LogP contribution >= 0.6 is 23.4 Å². The third kappa shape index (κ3) is 4.03. The van der Waals surface area contributed by atoms with Gasteiger partial charge in [-0.25, -0.2) is 5.90 Å². The first-order chi connectivity index (χ1) is 7.15. The second-order valence-electron chi connectivity index (χ2n) is 3.50. The Morgan fingerprint density at radius 1 is 1.47 bits per heavy atom. The minimum absolute atomic E-state index is 0.495. The molecule has 0 atom stereocenters. The fourth-order valence-electron chi connectivity index (χ4n) is 1.31. The Morgan fingerprint density at radius 2 is 2.20 bits per heavy atom. The molecule has 4 heteroatoms. The summed E-state index contributed by atoms with van der Waals surface area (Å²) in [6.07, 6.45) is 0.755. The van der Waals surface area contributed by atoms with E-state index < -0.39 is 0 Å². The molecule has 0 aliphatic rings. The van der Waals surface area contributed by atoms with E-state index in [4.69, 9.17) is 17.5 Å². The number of benzene rings is 1. The lowest BCUT2D eigenvalue weighted by Gasteiger charge is -2.12. The zero-order valence-corrected chi connectivity index (χ0v) is 10.6. The number of thioether (sulfide) groups is 1. The van der Waals surface area contributed by atoms with E-state index in [1.807, 2.05) is 23.9 Å². The molecule has 0 amide bonds. The van der Waals surface area contributed by atoms with Crippen LogP contribution in [0.25, 0.3) is 0 Å². The van der Waals surface area contributed by atoms with Gasteiger partial charge in [-0.05, 0) is 17.7 Å². The second kappa shape index (κ2) is 6.38. The zero-order valence-electron chi connectivity index (χ0n) is 9.00. The molecule has 0 radical (unpaired) electrons. The molecule has 0 saturated heterocycles. The Balaban J connectivity index is 2.87. The molecule has 84 valence electrons. The van der Waals surface area contributed by atoms with Gasteiger partial charge in [0.1, 0.15) is 0 Å². The van der Waals surface area contributed by atoms with Crippen LogP contribution in [0.5, 0.6) is 0 Å². The van der Waals surface area contributed by atoms with E-state index in [-0.39, 0.29) is 0 Å². The number of hydrogen-bond acceptors (Lipinski definition) is 3. The zero-order chi connectivity index (χ0) is 11.3. The van der Waals surface area contributed by atoms with Crippen LogP contribution in [0.4, 0.5) is 0 Å². The maximum atomic E-state index is 6.14. The van der Waals surface area contributed by atoms with Gasteiger partial charge < -0.3 is 4.84 Å². The highest BCUT2D eigenvalue weighted by atomic mass is 35.5. The van der Waals surface area contributed by atoms with Gasteiger partial charge in [0.25, 0.3) is 0 Å². The van der Waals surface area contributed by atoms with Gasteiger partial charge in [-0.15, -0.1) is 11.8 Å². The van der Waals surface area contributed by atoms with Crippen molar-refractivity contribution in [2.24, 2.45) is 5.90 Å². The molecule has 0 unspecified atom stereocenters. The first-order valence-electron chi connectivity index (χ1n) is 4.91. The van der Waals surface area contributed by atoms with Crippen LogP contribution in [-0.4, -0.2) is 11.9 Å². The summed E-state index contributed by atoms with van der Waals surface area (Å²) in [5, 5.41) is 1.33. The van der Waals surface area contributed by atoms with E-state index in [2.05, 4.69) is 24.8 Å². The van der Waals surface area contributed by atoms with E-state index in [0.717, 1.165) is 17.0 Å². The van der Waals surface area contributed by atoms with Gasteiger partial charge in [-0.2, -0.15) is 0 Å². The first kappa shape index (κ1) is 12.8. The second-order valence-corrected chi connectivity index (χ2v) is 5.53.